The third-order valence-electron chi connectivity index (χ3n) is 4.59. The van der Waals surface area contributed by atoms with Crippen LogP contribution in [-0.2, 0) is 23.7 Å². The highest BCUT2D eigenvalue weighted by atomic mass is 35.5. The second kappa shape index (κ2) is 5.85. The highest BCUT2D eigenvalue weighted by Gasteiger charge is 2.66. The van der Waals surface area contributed by atoms with Crippen molar-refractivity contribution < 1.29 is 23.7 Å². The zero-order valence-corrected chi connectivity index (χ0v) is 15.6. The number of aromatic nitrogens is 4. The first-order valence-corrected chi connectivity index (χ1v) is 8.68. The molecule has 2 aliphatic heterocycles. The molecule has 10 heteroatoms. The molecule has 0 saturated carbocycles. The highest BCUT2D eigenvalue weighted by Crippen LogP contribution is 2.50. The summed E-state index contributed by atoms with van der Waals surface area (Å²) in [6, 6.07) is 0. The van der Waals surface area contributed by atoms with Gasteiger partial charge in [0.2, 0.25) is 0 Å². The average molecular weight is 383 g/mol. The van der Waals surface area contributed by atoms with Gasteiger partial charge in [0.1, 0.15) is 23.5 Å². The van der Waals surface area contributed by atoms with Crippen molar-refractivity contribution in [2.75, 3.05) is 6.61 Å². The third kappa shape index (κ3) is 2.50. The molecule has 9 nitrogen and oxygen atoms in total. The van der Waals surface area contributed by atoms with Crippen LogP contribution in [0.25, 0.3) is 11.2 Å². The van der Waals surface area contributed by atoms with Crippen LogP contribution in [0.1, 0.15) is 33.9 Å². The normalized spacial score (nSPS) is 32.7. The number of carbonyl (C=O) groups is 1. The van der Waals surface area contributed by atoms with E-state index in [0.29, 0.717) is 11.2 Å². The van der Waals surface area contributed by atoms with E-state index < -0.39 is 35.8 Å². The topological polar surface area (TPSA) is 97.6 Å². The van der Waals surface area contributed by atoms with Crippen molar-refractivity contribution in [2.45, 2.75) is 57.5 Å². The minimum atomic E-state index is -1.02. The fourth-order valence-corrected chi connectivity index (χ4v) is 3.83. The molecule has 0 radical (unpaired) electrons. The Labute approximate surface area is 154 Å². The Balaban J connectivity index is 1.79. The summed E-state index contributed by atoms with van der Waals surface area (Å²) in [6.45, 7) is 7.35. The van der Waals surface area contributed by atoms with Crippen molar-refractivity contribution in [1.29, 1.82) is 0 Å². The van der Waals surface area contributed by atoms with Crippen molar-refractivity contribution >= 4 is 28.7 Å². The van der Waals surface area contributed by atoms with E-state index in [0.717, 1.165) is 0 Å². The third-order valence-corrected chi connectivity index (χ3v) is 4.86. The van der Waals surface area contributed by atoms with Crippen molar-refractivity contribution in [3.63, 3.8) is 0 Å². The lowest BCUT2D eigenvalue weighted by atomic mass is 9.94. The van der Waals surface area contributed by atoms with Gasteiger partial charge in [-0.15, -0.1) is 0 Å². The molecule has 0 N–H and O–H groups in total. The van der Waals surface area contributed by atoms with Crippen LogP contribution in [0.4, 0.5) is 0 Å². The maximum atomic E-state index is 12.5. The maximum Gasteiger partial charge on any atom is 0.338 e. The molecule has 2 aromatic rings. The van der Waals surface area contributed by atoms with Gasteiger partial charge in [0, 0.05) is 0 Å². The Hall–Kier alpha value is -1.81. The lowest BCUT2D eigenvalue weighted by Gasteiger charge is -2.27. The standard InChI is InChI=1S/C16H19ClN4O5/c1-5-23-14(22)10-16(4)9(25-15(2,3)26-16)13(24-10)21-7-20-8-11(17)18-6-19-12(8)21/h6-7,9-10,13H,5H2,1-4H3/t9-,10+,13+,16-/m0/s1. The van der Waals surface area contributed by atoms with Gasteiger partial charge in [0.25, 0.3) is 0 Å². The average Bonchev–Trinajstić information content (AvgIpc) is 3.15. The van der Waals surface area contributed by atoms with Crippen molar-refractivity contribution in [2.24, 2.45) is 0 Å². The zero-order chi connectivity index (χ0) is 18.7. The number of hydrogen-bond acceptors (Lipinski definition) is 8. The fraction of sp³-hybridized carbons (Fsp3) is 0.625. The molecule has 140 valence electrons. The van der Waals surface area contributed by atoms with Crippen LogP contribution < -0.4 is 0 Å². The van der Waals surface area contributed by atoms with Crippen LogP contribution in [0.2, 0.25) is 5.15 Å². The molecule has 0 unspecified atom stereocenters. The summed E-state index contributed by atoms with van der Waals surface area (Å²) < 4.78 is 25.0. The highest BCUT2D eigenvalue weighted by molar-refractivity contribution is 6.33. The van der Waals surface area contributed by atoms with Crippen LogP contribution in [0.15, 0.2) is 12.7 Å². The largest absolute Gasteiger partial charge is 0.464 e. The molecule has 2 aromatic heterocycles. The quantitative estimate of drug-likeness (QED) is 0.586. The number of rotatable bonds is 3. The van der Waals surface area contributed by atoms with E-state index >= 15 is 0 Å². The van der Waals surface area contributed by atoms with E-state index in [1.807, 2.05) is 0 Å². The molecule has 0 amide bonds. The maximum absolute atomic E-state index is 12.5. The first-order valence-electron chi connectivity index (χ1n) is 8.30. The summed E-state index contributed by atoms with van der Waals surface area (Å²) in [4.78, 5) is 24.9. The van der Waals surface area contributed by atoms with Crippen LogP contribution in [0, 0.1) is 0 Å². The number of nitrogens with zero attached hydrogens (tertiary/aromatic N) is 4. The zero-order valence-electron chi connectivity index (χ0n) is 14.8. The van der Waals surface area contributed by atoms with Crippen molar-refractivity contribution in [1.82, 2.24) is 19.5 Å². The molecular formula is C16H19ClN4O5. The SMILES string of the molecule is CCOC(=O)[C@H]1O[C@@H](n2cnc3c(Cl)ncnc32)[C@@H]2OC(C)(C)O[C@]12C. The number of hydrogen-bond donors (Lipinski definition) is 0. The molecular weight excluding hydrogens is 364 g/mol. The Morgan fingerprint density at radius 2 is 2.12 bits per heavy atom. The van der Waals surface area contributed by atoms with Gasteiger partial charge in [-0.3, -0.25) is 4.57 Å². The second-order valence-electron chi connectivity index (χ2n) is 6.87. The first-order chi connectivity index (χ1) is 12.3. The molecule has 2 fully saturated rings. The lowest BCUT2D eigenvalue weighted by molar-refractivity contribution is -0.216. The summed E-state index contributed by atoms with van der Waals surface area (Å²) in [5.41, 5.74) is -0.0965. The predicted molar refractivity (Wildman–Crippen MR) is 89.3 cm³/mol. The van der Waals surface area contributed by atoms with Gasteiger partial charge in [-0.1, -0.05) is 11.6 Å². The summed E-state index contributed by atoms with van der Waals surface area (Å²) in [5, 5.41) is 0.236. The summed E-state index contributed by atoms with van der Waals surface area (Å²) in [6.07, 6.45) is 0.674. The summed E-state index contributed by atoms with van der Waals surface area (Å²) in [7, 11) is 0. The van der Waals surface area contributed by atoms with E-state index in [1.165, 1.54) is 6.33 Å². The Bertz CT molecular complexity index is 871. The predicted octanol–water partition coefficient (Wildman–Crippen LogP) is 1.85. The van der Waals surface area contributed by atoms with Crippen LogP contribution in [-0.4, -0.2) is 55.7 Å². The molecule has 4 atom stereocenters. The van der Waals surface area contributed by atoms with Gasteiger partial charge in [-0.05, 0) is 27.7 Å². The minimum Gasteiger partial charge on any atom is -0.464 e. The van der Waals surface area contributed by atoms with E-state index in [4.69, 9.17) is 30.5 Å². The molecule has 4 heterocycles. The van der Waals surface area contributed by atoms with E-state index in [2.05, 4.69) is 15.0 Å². The number of imidazole rings is 1. The van der Waals surface area contributed by atoms with Gasteiger partial charge < -0.3 is 18.9 Å². The van der Waals surface area contributed by atoms with E-state index in [1.54, 1.807) is 38.6 Å². The van der Waals surface area contributed by atoms with Crippen molar-refractivity contribution in [3.05, 3.63) is 17.8 Å². The summed E-state index contributed by atoms with van der Waals surface area (Å²) >= 11 is 6.08. The molecule has 0 spiro atoms. The number of fused-ring (bicyclic) bond motifs is 2. The molecule has 2 aliphatic rings. The second-order valence-corrected chi connectivity index (χ2v) is 7.23. The number of carbonyl (C=O) groups excluding carboxylic acids is 1. The number of esters is 1. The van der Waals surface area contributed by atoms with Gasteiger partial charge in [-0.25, -0.2) is 19.7 Å². The monoisotopic (exact) mass is 382 g/mol. The van der Waals surface area contributed by atoms with Gasteiger partial charge in [0.05, 0.1) is 12.9 Å². The van der Waals surface area contributed by atoms with Crippen LogP contribution in [0.3, 0.4) is 0 Å². The lowest BCUT2D eigenvalue weighted by Crippen LogP contribution is -2.47. The summed E-state index contributed by atoms with van der Waals surface area (Å²) in [5.74, 6) is -1.38. The minimum absolute atomic E-state index is 0.236. The molecule has 0 bridgehead atoms. The van der Waals surface area contributed by atoms with Gasteiger partial charge >= 0.3 is 5.97 Å². The number of ether oxygens (including phenoxy) is 4. The van der Waals surface area contributed by atoms with Crippen LogP contribution in [0.5, 0.6) is 0 Å². The molecule has 4 rings (SSSR count). The van der Waals surface area contributed by atoms with E-state index in [-0.39, 0.29) is 11.8 Å². The molecule has 26 heavy (non-hydrogen) atoms. The Morgan fingerprint density at radius 1 is 1.35 bits per heavy atom. The smallest absolute Gasteiger partial charge is 0.338 e. The van der Waals surface area contributed by atoms with Crippen LogP contribution >= 0.6 is 11.6 Å². The fourth-order valence-electron chi connectivity index (χ4n) is 3.65. The molecule has 2 saturated heterocycles. The molecule has 0 aliphatic carbocycles. The van der Waals surface area contributed by atoms with Gasteiger partial charge in [-0.2, -0.15) is 0 Å². The van der Waals surface area contributed by atoms with Gasteiger partial charge in [0.15, 0.2) is 28.9 Å². The Morgan fingerprint density at radius 3 is 2.85 bits per heavy atom. The van der Waals surface area contributed by atoms with E-state index in [9.17, 15) is 4.79 Å². The Kier molecular flexibility index (Phi) is 3.96. The first kappa shape index (κ1) is 17.6. The van der Waals surface area contributed by atoms with Crippen molar-refractivity contribution in [3.8, 4) is 0 Å². The molecule has 0 aromatic carbocycles. The number of halogens is 1.